The number of aromatic nitrogens is 2. The predicted octanol–water partition coefficient (Wildman–Crippen LogP) is 3.32. The molecule has 0 spiro atoms. The van der Waals surface area contributed by atoms with Gasteiger partial charge < -0.3 is 19.0 Å². The zero-order valence-corrected chi connectivity index (χ0v) is 15.5. The minimum absolute atomic E-state index is 0.0176. The molecule has 0 aliphatic rings. The lowest BCUT2D eigenvalue weighted by atomic mass is 10.0. The maximum absolute atomic E-state index is 12.9. The van der Waals surface area contributed by atoms with E-state index < -0.39 is 24.1 Å². The SMILES string of the molecule is CCC(NC(=O)c1c(C)oc2ncn(C)c(=O)c12)c1ccccc1OC(F)F. The van der Waals surface area contributed by atoms with Crippen molar-refractivity contribution < 1.29 is 22.7 Å². The fourth-order valence-electron chi connectivity index (χ4n) is 3.06. The largest absolute Gasteiger partial charge is 0.442 e. The number of nitrogens with one attached hydrogen (secondary N) is 1. The Balaban J connectivity index is 1.99. The molecule has 9 heteroatoms. The number of alkyl halides is 2. The van der Waals surface area contributed by atoms with Gasteiger partial charge in [-0.25, -0.2) is 4.98 Å². The average molecular weight is 391 g/mol. The Labute approximate surface area is 158 Å². The number of ether oxygens (including phenoxy) is 1. The van der Waals surface area contributed by atoms with Crippen LogP contribution in [0.25, 0.3) is 11.1 Å². The number of amides is 1. The Hall–Kier alpha value is -3.23. The van der Waals surface area contributed by atoms with Gasteiger partial charge in [-0.15, -0.1) is 0 Å². The molecule has 0 radical (unpaired) electrons. The molecule has 3 aromatic rings. The predicted molar refractivity (Wildman–Crippen MR) is 97.6 cm³/mol. The summed E-state index contributed by atoms with van der Waals surface area (Å²) in [6.45, 7) is 0.374. The molecule has 0 saturated carbocycles. The first kappa shape index (κ1) is 19.5. The number of hydrogen-bond donors (Lipinski definition) is 1. The van der Waals surface area contributed by atoms with Crippen molar-refractivity contribution >= 4 is 17.0 Å². The molecule has 0 bridgehead atoms. The minimum atomic E-state index is -2.98. The Morgan fingerprint density at radius 1 is 1.36 bits per heavy atom. The third-order valence-electron chi connectivity index (χ3n) is 4.40. The molecule has 0 aliphatic heterocycles. The van der Waals surface area contributed by atoms with E-state index >= 15 is 0 Å². The summed E-state index contributed by atoms with van der Waals surface area (Å²) in [4.78, 5) is 29.4. The first-order valence-electron chi connectivity index (χ1n) is 8.62. The molecule has 0 saturated heterocycles. The quantitative estimate of drug-likeness (QED) is 0.697. The number of halogens is 2. The van der Waals surface area contributed by atoms with Gasteiger partial charge in [0.25, 0.3) is 11.5 Å². The van der Waals surface area contributed by atoms with Gasteiger partial charge in [0.1, 0.15) is 23.2 Å². The van der Waals surface area contributed by atoms with Gasteiger partial charge in [-0.05, 0) is 19.4 Å². The van der Waals surface area contributed by atoms with Crippen molar-refractivity contribution in [1.29, 1.82) is 0 Å². The molecule has 0 aliphatic carbocycles. The van der Waals surface area contributed by atoms with E-state index in [4.69, 9.17) is 4.42 Å². The van der Waals surface area contributed by atoms with Crippen molar-refractivity contribution in [3.05, 3.63) is 57.8 Å². The summed E-state index contributed by atoms with van der Waals surface area (Å²) in [6.07, 6.45) is 1.72. The monoisotopic (exact) mass is 391 g/mol. The number of nitrogens with zero attached hydrogens (tertiary/aromatic N) is 2. The van der Waals surface area contributed by atoms with E-state index in [1.165, 1.54) is 24.0 Å². The van der Waals surface area contributed by atoms with Crippen LogP contribution in [0.5, 0.6) is 5.75 Å². The lowest BCUT2D eigenvalue weighted by Crippen LogP contribution is -2.30. The highest BCUT2D eigenvalue weighted by Crippen LogP contribution is 2.29. The van der Waals surface area contributed by atoms with Crippen molar-refractivity contribution in [2.24, 2.45) is 7.05 Å². The highest BCUT2D eigenvalue weighted by molar-refractivity contribution is 6.06. The fourth-order valence-corrected chi connectivity index (χ4v) is 3.06. The van der Waals surface area contributed by atoms with Crippen molar-refractivity contribution in [1.82, 2.24) is 14.9 Å². The number of carbonyl (C=O) groups excluding carboxylic acids is 1. The summed E-state index contributed by atoms with van der Waals surface area (Å²) in [5, 5.41) is 2.85. The lowest BCUT2D eigenvalue weighted by molar-refractivity contribution is -0.0506. The van der Waals surface area contributed by atoms with Crippen LogP contribution < -0.4 is 15.6 Å². The smallest absolute Gasteiger partial charge is 0.387 e. The van der Waals surface area contributed by atoms with Crippen LogP contribution in [0.1, 0.15) is 41.1 Å². The van der Waals surface area contributed by atoms with E-state index in [9.17, 15) is 18.4 Å². The summed E-state index contributed by atoms with van der Waals surface area (Å²) in [7, 11) is 1.52. The molecule has 28 heavy (non-hydrogen) atoms. The number of fused-ring (bicyclic) bond motifs is 1. The fraction of sp³-hybridized carbons (Fsp3) is 0.316. The number of aryl methyl sites for hydroxylation is 2. The van der Waals surface area contributed by atoms with E-state index in [-0.39, 0.29) is 28.2 Å². The number of furan rings is 1. The highest BCUT2D eigenvalue weighted by Gasteiger charge is 2.25. The molecule has 1 unspecified atom stereocenters. The summed E-state index contributed by atoms with van der Waals surface area (Å²) >= 11 is 0. The van der Waals surface area contributed by atoms with Crippen molar-refractivity contribution in [3.8, 4) is 5.75 Å². The maximum Gasteiger partial charge on any atom is 0.387 e. The number of benzene rings is 1. The van der Waals surface area contributed by atoms with Crippen molar-refractivity contribution in [2.45, 2.75) is 32.9 Å². The molecule has 7 nitrogen and oxygen atoms in total. The van der Waals surface area contributed by atoms with Gasteiger partial charge in [-0.2, -0.15) is 8.78 Å². The van der Waals surface area contributed by atoms with E-state index in [2.05, 4.69) is 15.0 Å². The van der Waals surface area contributed by atoms with Crippen LogP contribution in [0.4, 0.5) is 8.78 Å². The second-order valence-electron chi connectivity index (χ2n) is 6.22. The first-order chi connectivity index (χ1) is 13.3. The molecule has 2 heterocycles. The topological polar surface area (TPSA) is 86.4 Å². The van der Waals surface area contributed by atoms with Crippen LogP contribution in [0, 0.1) is 6.92 Å². The minimum Gasteiger partial charge on any atom is -0.442 e. The van der Waals surface area contributed by atoms with Gasteiger partial charge in [0.15, 0.2) is 0 Å². The van der Waals surface area contributed by atoms with Gasteiger partial charge >= 0.3 is 6.61 Å². The second kappa shape index (κ2) is 7.79. The summed E-state index contributed by atoms with van der Waals surface area (Å²) in [5.74, 6) is -0.327. The summed E-state index contributed by atoms with van der Waals surface area (Å²) < 4.78 is 36.6. The van der Waals surface area contributed by atoms with E-state index in [0.29, 0.717) is 12.0 Å². The summed E-state index contributed by atoms with van der Waals surface area (Å²) in [6, 6.07) is 5.65. The summed E-state index contributed by atoms with van der Waals surface area (Å²) in [5.41, 5.74) is 0.145. The van der Waals surface area contributed by atoms with Gasteiger partial charge in [0.2, 0.25) is 5.71 Å². The first-order valence-corrected chi connectivity index (χ1v) is 8.62. The van der Waals surface area contributed by atoms with Crippen molar-refractivity contribution in [2.75, 3.05) is 0 Å². The number of hydrogen-bond acceptors (Lipinski definition) is 5. The third-order valence-corrected chi connectivity index (χ3v) is 4.40. The molecule has 1 atom stereocenters. The van der Waals surface area contributed by atoms with E-state index in [0.717, 1.165) is 0 Å². The number of rotatable bonds is 6. The Morgan fingerprint density at radius 3 is 2.75 bits per heavy atom. The van der Waals surface area contributed by atoms with Crippen LogP contribution in [0.3, 0.4) is 0 Å². The van der Waals surface area contributed by atoms with Crippen LogP contribution in [0.2, 0.25) is 0 Å². The molecule has 1 N–H and O–H groups in total. The highest BCUT2D eigenvalue weighted by atomic mass is 19.3. The normalized spacial score (nSPS) is 12.4. The Bertz CT molecular complexity index is 1070. The van der Waals surface area contributed by atoms with Crippen LogP contribution in [0.15, 0.2) is 39.8 Å². The van der Waals surface area contributed by atoms with Crippen LogP contribution in [-0.4, -0.2) is 22.1 Å². The Kier molecular flexibility index (Phi) is 5.43. The van der Waals surface area contributed by atoms with Crippen LogP contribution in [-0.2, 0) is 7.05 Å². The van der Waals surface area contributed by atoms with Gasteiger partial charge in [-0.1, -0.05) is 25.1 Å². The molecule has 2 aromatic heterocycles. The molecular formula is C19H19F2N3O4. The van der Waals surface area contributed by atoms with E-state index in [1.54, 1.807) is 32.0 Å². The third kappa shape index (κ3) is 3.60. The zero-order chi connectivity index (χ0) is 20.4. The number of para-hydroxylation sites is 1. The zero-order valence-electron chi connectivity index (χ0n) is 15.5. The second-order valence-corrected chi connectivity index (χ2v) is 6.22. The molecule has 1 amide bonds. The molecule has 3 rings (SSSR count). The molecule has 0 fully saturated rings. The van der Waals surface area contributed by atoms with Gasteiger partial charge in [-0.3, -0.25) is 9.59 Å². The average Bonchev–Trinajstić information content (AvgIpc) is 2.99. The van der Waals surface area contributed by atoms with Crippen LogP contribution >= 0.6 is 0 Å². The standard InChI is InChI=1S/C19H19F2N3O4/c1-4-12(11-7-5-6-8-13(11)28-19(20)21)23-16(25)14-10(2)27-17-15(14)18(26)24(3)9-22-17/h5-9,12,19H,4H2,1-3H3,(H,23,25). The van der Waals surface area contributed by atoms with Gasteiger partial charge in [0.05, 0.1) is 11.6 Å². The maximum atomic E-state index is 12.9. The molecule has 1 aromatic carbocycles. The van der Waals surface area contributed by atoms with E-state index in [1.807, 2.05) is 0 Å². The van der Waals surface area contributed by atoms with Crippen molar-refractivity contribution in [3.63, 3.8) is 0 Å². The number of carbonyl (C=O) groups is 1. The lowest BCUT2D eigenvalue weighted by Gasteiger charge is -2.20. The van der Waals surface area contributed by atoms with Gasteiger partial charge in [0, 0.05) is 12.6 Å². The molecular weight excluding hydrogens is 372 g/mol. The Morgan fingerprint density at radius 2 is 2.07 bits per heavy atom. The molecule has 148 valence electrons.